The van der Waals surface area contributed by atoms with E-state index in [9.17, 15) is 39.0 Å². The van der Waals surface area contributed by atoms with Gasteiger partial charge in [0, 0.05) is 35.8 Å². The van der Waals surface area contributed by atoms with Gasteiger partial charge >= 0.3 is 23.9 Å². The maximum absolute atomic E-state index is 15.0. The molecule has 4 aromatic carbocycles. The Bertz CT molecular complexity index is 1900. The number of aliphatic carboxylic acids is 2. The van der Waals surface area contributed by atoms with Gasteiger partial charge in [-0.3, -0.25) is 28.8 Å². The van der Waals surface area contributed by atoms with Gasteiger partial charge < -0.3 is 19.7 Å². The average Bonchev–Trinajstić information content (AvgIpc) is 3.19. The number of carboxylic acid groups (broad SMARTS) is 2. The zero-order valence-electron chi connectivity index (χ0n) is 31.0. The second-order valence-electron chi connectivity index (χ2n) is 12.9. The molecule has 0 bridgehead atoms. The number of carboxylic acids is 2. The second-order valence-corrected chi connectivity index (χ2v) is 12.9. The Morgan fingerprint density at radius 3 is 1.13 bits per heavy atom. The third-order valence-corrected chi connectivity index (χ3v) is 10.1. The minimum atomic E-state index is -3.50. The molecule has 2 N–H and O–H groups in total. The van der Waals surface area contributed by atoms with Crippen molar-refractivity contribution in [1.29, 1.82) is 0 Å². The van der Waals surface area contributed by atoms with Crippen LogP contribution in [0.2, 0.25) is 0 Å². The summed E-state index contributed by atoms with van der Waals surface area (Å²) >= 11 is 0. The number of hydrogen-bond acceptors (Lipinski definition) is 8. The Morgan fingerprint density at radius 2 is 0.833 bits per heavy atom. The first kappa shape index (κ1) is 40.9. The van der Waals surface area contributed by atoms with E-state index < -0.39 is 71.0 Å². The molecule has 0 radical (unpaired) electrons. The molecule has 2 unspecified atom stereocenters. The molecule has 0 spiro atoms. The van der Waals surface area contributed by atoms with Gasteiger partial charge in [0.1, 0.15) is 0 Å². The lowest BCUT2D eigenvalue weighted by molar-refractivity contribution is -0.205. The number of ether oxygens (including phenoxy) is 2. The molecule has 2 atom stereocenters. The van der Waals surface area contributed by atoms with Crippen LogP contribution in [0.5, 0.6) is 0 Å². The Kier molecular flexibility index (Phi) is 13.8. The first-order chi connectivity index (χ1) is 25.9. The highest BCUT2D eigenvalue weighted by molar-refractivity contribution is 6.16. The number of carbonyl (C=O) groups excluding carboxylic acids is 4. The summed E-state index contributed by atoms with van der Waals surface area (Å²) in [6.45, 7) is 5.96. The van der Waals surface area contributed by atoms with Crippen molar-refractivity contribution in [2.24, 2.45) is 10.8 Å². The van der Waals surface area contributed by atoms with Crippen molar-refractivity contribution in [3.8, 4) is 0 Å². The smallest absolute Gasteiger partial charge is 0.326 e. The molecule has 0 saturated carbocycles. The molecule has 0 saturated heterocycles. The fourth-order valence-electron chi connectivity index (χ4n) is 7.33. The molecular weight excluding hydrogens is 688 g/mol. The highest BCUT2D eigenvalue weighted by Crippen LogP contribution is 2.60. The standard InChI is InChI=1S/C44H46O10/c1-5-29-19-23-33(24-20-29)37(45)27-35(31-15-11-9-12-16-31)43(39(47)48,40(49)50)44(41(51)53-7-3,42(52)54-8-4)36(32-17-13-10-14-18-32)28-38(46)34-25-21-30(6-2)22-26-34/h9-26,35-36H,5-8,27-28H2,1-4H3,(H,47,48)(H,49,50). The van der Waals surface area contributed by atoms with Gasteiger partial charge in [-0.2, -0.15) is 0 Å². The zero-order chi connectivity index (χ0) is 39.5. The van der Waals surface area contributed by atoms with Crippen LogP contribution in [0.1, 0.15) is 95.3 Å². The Labute approximate surface area is 315 Å². The molecule has 0 heterocycles. The molecule has 4 rings (SSSR count). The molecule has 0 aliphatic carbocycles. The van der Waals surface area contributed by atoms with Gasteiger partial charge in [0.2, 0.25) is 0 Å². The monoisotopic (exact) mass is 734 g/mol. The number of carbonyl (C=O) groups is 6. The van der Waals surface area contributed by atoms with E-state index in [0.29, 0.717) is 12.8 Å². The van der Waals surface area contributed by atoms with Gasteiger partial charge in [-0.05, 0) is 48.9 Å². The largest absolute Gasteiger partial charge is 0.480 e. The topological polar surface area (TPSA) is 161 Å². The molecule has 0 aromatic heterocycles. The number of esters is 2. The third-order valence-electron chi connectivity index (χ3n) is 10.1. The summed E-state index contributed by atoms with van der Waals surface area (Å²) in [4.78, 5) is 87.1. The van der Waals surface area contributed by atoms with Crippen LogP contribution in [0.3, 0.4) is 0 Å². The van der Waals surface area contributed by atoms with Crippen LogP contribution >= 0.6 is 0 Å². The van der Waals surface area contributed by atoms with Gasteiger partial charge in [-0.1, -0.05) is 123 Å². The van der Waals surface area contributed by atoms with Crippen LogP contribution in [-0.4, -0.2) is 58.9 Å². The molecule has 10 heteroatoms. The number of Topliss-reactive ketones (excluding diaryl/α,β-unsaturated/α-hetero) is 2. The molecule has 0 amide bonds. The number of rotatable bonds is 19. The van der Waals surface area contributed by atoms with Crippen LogP contribution in [0, 0.1) is 10.8 Å². The third kappa shape index (κ3) is 7.88. The first-order valence-electron chi connectivity index (χ1n) is 18.1. The minimum Gasteiger partial charge on any atom is -0.480 e. The number of hydrogen-bond donors (Lipinski definition) is 2. The van der Waals surface area contributed by atoms with Crippen molar-refractivity contribution in [3.05, 3.63) is 143 Å². The van der Waals surface area contributed by atoms with E-state index in [1.807, 2.05) is 13.8 Å². The molecule has 0 fully saturated rings. The van der Waals surface area contributed by atoms with Gasteiger partial charge in [-0.25, -0.2) is 0 Å². The molecule has 282 valence electrons. The lowest BCUT2D eigenvalue weighted by Crippen LogP contribution is -2.67. The van der Waals surface area contributed by atoms with Gasteiger partial charge in [0.25, 0.3) is 0 Å². The average molecular weight is 735 g/mol. The molecule has 4 aromatic rings. The van der Waals surface area contributed by atoms with E-state index in [1.165, 1.54) is 50.2 Å². The maximum atomic E-state index is 15.0. The van der Waals surface area contributed by atoms with Crippen LogP contribution in [0.15, 0.2) is 109 Å². The first-order valence-corrected chi connectivity index (χ1v) is 18.1. The summed E-state index contributed by atoms with van der Waals surface area (Å²) in [6, 6.07) is 28.5. The predicted octanol–water partition coefficient (Wildman–Crippen LogP) is 7.49. The summed E-state index contributed by atoms with van der Waals surface area (Å²) in [5.41, 5.74) is -4.40. The molecule has 54 heavy (non-hydrogen) atoms. The summed E-state index contributed by atoms with van der Waals surface area (Å²) in [6.07, 6.45) is -0.0871. The minimum absolute atomic E-state index is 0.0482. The van der Waals surface area contributed by atoms with Crippen molar-refractivity contribution in [1.82, 2.24) is 0 Å². The van der Waals surface area contributed by atoms with Gasteiger partial charge in [0.05, 0.1) is 13.2 Å². The van der Waals surface area contributed by atoms with Crippen molar-refractivity contribution in [3.63, 3.8) is 0 Å². The number of ketones is 2. The van der Waals surface area contributed by atoms with Crippen molar-refractivity contribution in [2.45, 2.75) is 65.2 Å². The summed E-state index contributed by atoms with van der Waals surface area (Å²) in [5.74, 6) is -12.1. The molecule has 0 aliphatic rings. The molecular formula is C44H46O10. The SMILES string of the molecule is CCOC(=O)C(C(=O)OCC)(C(CC(=O)c1ccc(CC)cc1)c1ccccc1)C(C(=O)O)(C(=O)O)C(CC(=O)c1ccc(CC)cc1)c1ccccc1. The number of aryl methyl sites for hydroxylation is 2. The van der Waals surface area contributed by atoms with Gasteiger partial charge in [0.15, 0.2) is 22.4 Å². The summed E-state index contributed by atoms with van der Waals surface area (Å²) < 4.78 is 11.1. The Morgan fingerprint density at radius 1 is 0.500 bits per heavy atom. The van der Waals surface area contributed by atoms with Gasteiger partial charge in [-0.15, -0.1) is 0 Å². The van der Waals surface area contributed by atoms with Crippen molar-refractivity contribution < 1.29 is 48.5 Å². The van der Waals surface area contributed by atoms with Crippen LogP contribution in [0.4, 0.5) is 0 Å². The van der Waals surface area contributed by atoms with Crippen molar-refractivity contribution >= 4 is 35.4 Å². The quantitative estimate of drug-likeness (QED) is 0.0561. The van der Waals surface area contributed by atoms with Crippen LogP contribution in [-0.2, 0) is 41.5 Å². The van der Waals surface area contributed by atoms with Crippen LogP contribution < -0.4 is 0 Å². The zero-order valence-corrected chi connectivity index (χ0v) is 31.0. The molecule has 10 nitrogen and oxygen atoms in total. The van der Waals surface area contributed by atoms with E-state index in [-0.39, 0.29) is 35.5 Å². The lowest BCUT2D eigenvalue weighted by atomic mass is 9.48. The van der Waals surface area contributed by atoms with E-state index in [2.05, 4.69) is 0 Å². The lowest BCUT2D eigenvalue weighted by Gasteiger charge is -2.48. The fourth-order valence-corrected chi connectivity index (χ4v) is 7.33. The number of benzene rings is 4. The normalized spacial score (nSPS) is 12.6. The summed E-state index contributed by atoms with van der Waals surface area (Å²) in [5, 5.41) is 23.1. The van der Waals surface area contributed by atoms with E-state index in [4.69, 9.17) is 9.47 Å². The van der Waals surface area contributed by atoms with Crippen molar-refractivity contribution in [2.75, 3.05) is 13.2 Å². The Hall–Kier alpha value is -5.90. The van der Waals surface area contributed by atoms with E-state index >= 15 is 0 Å². The Balaban J connectivity index is 2.18. The highest BCUT2D eigenvalue weighted by atomic mass is 16.6. The van der Waals surface area contributed by atoms with Crippen LogP contribution in [0.25, 0.3) is 0 Å². The summed E-state index contributed by atoms with van der Waals surface area (Å²) in [7, 11) is 0. The predicted molar refractivity (Wildman–Crippen MR) is 201 cm³/mol. The second kappa shape index (κ2) is 18.2. The fraction of sp³-hybridized carbons (Fsp3) is 0.318. The van der Waals surface area contributed by atoms with E-state index in [0.717, 1.165) is 11.1 Å². The highest BCUT2D eigenvalue weighted by Gasteiger charge is 2.78. The molecule has 0 aliphatic heterocycles. The van der Waals surface area contributed by atoms with E-state index in [1.54, 1.807) is 72.8 Å². The maximum Gasteiger partial charge on any atom is 0.326 e.